The molecule has 2 aliphatic rings. The van der Waals surface area contributed by atoms with Crippen LogP contribution in [0.1, 0.15) is 11.1 Å². The minimum absolute atomic E-state index is 0.614. The Kier molecular flexibility index (Phi) is 17.9. The van der Waals surface area contributed by atoms with Gasteiger partial charge in [0.2, 0.25) is 0 Å². The van der Waals surface area contributed by atoms with E-state index in [9.17, 15) is 0 Å². The molecule has 0 amide bonds. The molecule has 18 rings (SSSR count). The van der Waals surface area contributed by atoms with Gasteiger partial charge in [-0.15, -0.1) is 0 Å². The number of nitrogens with zero attached hydrogens (tertiary/aromatic N) is 11. The highest BCUT2D eigenvalue weighted by Crippen LogP contribution is 2.54. The fourth-order valence-corrected chi connectivity index (χ4v) is 12.6. The van der Waals surface area contributed by atoms with E-state index in [4.69, 9.17) is 39.9 Å². The summed E-state index contributed by atoms with van der Waals surface area (Å²) in [5, 5.41) is 3.44. The molecule has 12 nitrogen and oxygen atoms in total. The monoisotopic (exact) mass is 1360 g/mol. The second kappa shape index (κ2) is 28.8. The molecule has 0 saturated heterocycles. The van der Waals surface area contributed by atoms with Crippen LogP contribution in [0.5, 0.6) is 0 Å². The minimum atomic E-state index is 0.614. The van der Waals surface area contributed by atoms with Crippen molar-refractivity contribution in [1.82, 2.24) is 44.9 Å². The van der Waals surface area contributed by atoms with Gasteiger partial charge in [0.1, 0.15) is 0 Å². The first-order chi connectivity index (χ1) is 50.0. The number of para-hydroxylation sites is 6. The molecular formula is C88H61BrN12. The van der Waals surface area contributed by atoms with Gasteiger partial charge in [-0.05, 0) is 108 Å². The molecule has 0 radical (unpaired) electrons. The van der Waals surface area contributed by atoms with E-state index in [1.165, 1.54) is 22.5 Å². The van der Waals surface area contributed by atoms with E-state index in [1.54, 1.807) is 0 Å². The first-order valence-electron chi connectivity index (χ1n) is 33.3. The van der Waals surface area contributed by atoms with Crippen molar-refractivity contribution in [2.75, 3.05) is 15.1 Å². The molecule has 5 heterocycles. The van der Waals surface area contributed by atoms with Crippen molar-refractivity contribution >= 4 is 61.4 Å². The zero-order valence-corrected chi connectivity index (χ0v) is 56.1. The maximum absolute atomic E-state index is 4.97. The van der Waals surface area contributed by atoms with Crippen LogP contribution in [0.2, 0.25) is 0 Å². The first kappa shape index (κ1) is 62.6. The Morgan fingerprint density at radius 1 is 0.208 bits per heavy atom. The summed E-state index contributed by atoms with van der Waals surface area (Å²) in [7, 11) is 0. The lowest BCUT2D eigenvalue weighted by atomic mass is 9.98. The average Bonchev–Trinajstić information content (AvgIpc) is 0.735. The normalized spacial score (nSPS) is 11.6. The lowest BCUT2D eigenvalue weighted by Crippen LogP contribution is -2.23. The molecular weight excluding hydrogens is 1300 g/mol. The highest BCUT2D eigenvalue weighted by Gasteiger charge is 2.31. The van der Waals surface area contributed by atoms with E-state index < -0.39 is 0 Å². The Balaban J connectivity index is 0.000000164. The van der Waals surface area contributed by atoms with Crippen LogP contribution >= 0.6 is 15.9 Å². The molecule has 0 bridgehead atoms. The van der Waals surface area contributed by atoms with Gasteiger partial charge in [-0.25, -0.2) is 44.9 Å². The van der Waals surface area contributed by atoms with Gasteiger partial charge in [-0.3, -0.25) is 0 Å². The largest absolute Gasteiger partial charge is 0.355 e. The standard InChI is InChI=1S/C54H36N8.C21H14BrN3.C13H11N/c1-5-17-37(18-6-1)49-55-50(38-19-7-2-8-20-38)58-53(57-49)41-29-33-43(34-30-41)61-45-25-13-15-27-47(45)62(48-28-16-14-26-46(48)61)44-35-31-42(32-36-44)54-59-51(39-21-9-3-10-22-39)56-52(60-54)40-23-11-4-12-24-40;22-18-13-11-17(12-14-18)21-24-19(15-7-3-1-4-8-15)23-20(25-21)16-9-5-2-6-10-16;1-3-7-12-10(5-1)9-11-6-2-4-8-13(11)14-12/h1-36H;1-14H;1-8,14H,9H2. The number of hydrogen-bond acceptors (Lipinski definition) is 12. The number of benzene rings is 13. The van der Waals surface area contributed by atoms with Gasteiger partial charge in [0, 0.05) is 83.7 Å². The number of anilines is 8. The quantitative estimate of drug-likeness (QED) is 0.132. The van der Waals surface area contributed by atoms with Gasteiger partial charge in [-0.1, -0.05) is 271 Å². The van der Waals surface area contributed by atoms with Crippen molar-refractivity contribution in [3.05, 3.63) is 367 Å². The molecule has 16 aromatic rings. The van der Waals surface area contributed by atoms with Crippen molar-refractivity contribution in [3.63, 3.8) is 0 Å². The summed E-state index contributed by atoms with van der Waals surface area (Å²) in [6.45, 7) is 0. The van der Waals surface area contributed by atoms with E-state index in [1.807, 2.05) is 206 Å². The zero-order valence-electron chi connectivity index (χ0n) is 54.5. The lowest BCUT2D eigenvalue weighted by Gasteiger charge is -2.40. The highest BCUT2D eigenvalue weighted by atomic mass is 79.9. The van der Waals surface area contributed by atoms with Gasteiger partial charge < -0.3 is 15.1 Å². The third-order valence-electron chi connectivity index (χ3n) is 17.4. The molecule has 0 saturated carbocycles. The number of fused-ring (bicyclic) bond motifs is 4. The Hall–Kier alpha value is -13.2. The molecule has 101 heavy (non-hydrogen) atoms. The van der Waals surface area contributed by atoms with Crippen molar-refractivity contribution in [2.24, 2.45) is 0 Å². The summed E-state index contributed by atoms with van der Waals surface area (Å²) < 4.78 is 1.02. The summed E-state index contributed by atoms with van der Waals surface area (Å²) in [5.41, 5.74) is 19.9. The first-order valence-corrected chi connectivity index (χ1v) is 34.0. The Bertz CT molecular complexity index is 5000. The fraction of sp³-hybridized carbons (Fsp3) is 0.0114. The van der Waals surface area contributed by atoms with Gasteiger partial charge in [0.05, 0.1) is 22.7 Å². The fourth-order valence-electron chi connectivity index (χ4n) is 12.4. The van der Waals surface area contributed by atoms with Gasteiger partial charge in [0.25, 0.3) is 0 Å². The van der Waals surface area contributed by atoms with Crippen LogP contribution in [-0.2, 0) is 6.42 Å². The molecule has 2 aliphatic heterocycles. The second-order valence-electron chi connectivity index (χ2n) is 24.0. The SMILES string of the molecule is Brc1ccc(-c2nc(-c3ccccc3)nc(-c3ccccc3)n2)cc1.c1ccc(-c2nc(-c3ccccc3)nc(-c3ccc(N4c5ccccc5N(c5ccc(-c6nc(-c7ccccc7)nc(-c7ccccc7)n6)cc5)c5ccccc54)cc3)n2)cc1.c1ccc2c(c1)Cc1ccccc1N2. The van der Waals surface area contributed by atoms with Crippen LogP contribution in [0.25, 0.3) is 102 Å². The lowest BCUT2D eigenvalue weighted by molar-refractivity contribution is 1.07. The average molecular weight is 1370 g/mol. The summed E-state index contributed by atoms with van der Waals surface area (Å²) in [6.07, 6.45) is 1.04. The second-order valence-corrected chi connectivity index (χ2v) is 24.9. The Labute approximate surface area is 594 Å². The number of hydrogen-bond donors (Lipinski definition) is 1. The summed E-state index contributed by atoms with van der Waals surface area (Å²) >= 11 is 3.47. The predicted molar refractivity (Wildman–Crippen MR) is 412 cm³/mol. The highest BCUT2D eigenvalue weighted by molar-refractivity contribution is 9.10. The van der Waals surface area contributed by atoms with E-state index in [-0.39, 0.29) is 0 Å². The molecule has 0 fully saturated rings. The van der Waals surface area contributed by atoms with Crippen molar-refractivity contribution < 1.29 is 0 Å². The van der Waals surface area contributed by atoms with Crippen molar-refractivity contribution in [1.29, 1.82) is 0 Å². The maximum atomic E-state index is 4.97. The Morgan fingerprint density at radius 3 is 0.653 bits per heavy atom. The summed E-state index contributed by atoms with van der Waals surface area (Å²) in [5.74, 6) is 5.77. The van der Waals surface area contributed by atoms with Crippen LogP contribution in [0.4, 0.5) is 45.5 Å². The topological polar surface area (TPSA) is 135 Å². The smallest absolute Gasteiger partial charge is 0.164 e. The molecule has 0 aliphatic carbocycles. The van der Waals surface area contributed by atoms with Gasteiger partial charge in [-0.2, -0.15) is 0 Å². The van der Waals surface area contributed by atoms with Crippen LogP contribution in [0.15, 0.2) is 356 Å². The molecule has 3 aromatic heterocycles. The number of rotatable bonds is 11. The summed E-state index contributed by atoms with van der Waals surface area (Å²) in [6, 6.07) is 119. The molecule has 1 N–H and O–H groups in total. The molecule has 480 valence electrons. The van der Waals surface area contributed by atoms with E-state index in [0.717, 1.165) is 95.1 Å². The molecule has 13 aromatic carbocycles. The molecule has 0 spiro atoms. The predicted octanol–water partition coefficient (Wildman–Crippen LogP) is 22.3. The molecule has 0 atom stereocenters. The van der Waals surface area contributed by atoms with Gasteiger partial charge in [0.15, 0.2) is 52.4 Å². The van der Waals surface area contributed by atoms with Crippen molar-refractivity contribution in [3.8, 4) is 102 Å². The minimum Gasteiger partial charge on any atom is -0.355 e. The van der Waals surface area contributed by atoms with E-state index in [0.29, 0.717) is 52.4 Å². The van der Waals surface area contributed by atoms with Crippen LogP contribution in [0.3, 0.4) is 0 Å². The van der Waals surface area contributed by atoms with E-state index >= 15 is 0 Å². The molecule has 13 heteroatoms. The van der Waals surface area contributed by atoms with Crippen LogP contribution in [0, 0.1) is 0 Å². The third-order valence-corrected chi connectivity index (χ3v) is 17.9. The molecule has 0 unspecified atom stereocenters. The van der Waals surface area contributed by atoms with Gasteiger partial charge >= 0.3 is 0 Å². The van der Waals surface area contributed by atoms with E-state index in [2.05, 4.69) is 182 Å². The summed E-state index contributed by atoms with van der Waals surface area (Å²) in [4.78, 5) is 48.3. The Morgan fingerprint density at radius 2 is 0.406 bits per heavy atom. The van der Waals surface area contributed by atoms with Crippen molar-refractivity contribution in [2.45, 2.75) is 6.42 Å². The number of aromatic nitrogens is 9. The number of halogens is 1. The zero-order chi connectivity index (χ0) is 67.7. The van der Waals surface area contributed by atoms with Crippen LogP contribution < -0.4 is 15.1 Å². The number of nitrogens with one attached hydrogen (secondary N) is 1. The van der Waals surface area contributed by atoms with Crippen LogP contribution in [-0.4, -0.2) is 44.9 Å². The third kappa shape index (κ3) is 13.8. The maximum Gasteiger partial charge on any atom is 0.164 e.